The van der Waals surface area contributed by atoms with Crippen molar-refractivity contribution >= 4 is 23.0 Å². The lowest BCUT2D eigenvalue weighted by Crippen LogP contribution is -2.46. The Labute approximate surface area is 181 Å². The van der Waals surface area contributed by atoms with Crippen molar-refractivity contribution in [2.75, 3.05) is 19.7 Å². The van der Waals surface area contributed by atoms with Crippen molar-refractivity contribution in [3.8, 4) is 11.3 Å². The number of pyridine rings is 1. The third-order valence-electron chi connectivity index (χ3n) is 5.58. The summed E-state index contributed by atoms with van der Waals surface area (Å²) in [6.45, 7) is 5.97. The maximum absolute atomic E-state index is 13.2. The molecule has 3 aromatic rings. The van der Waals surface area contributed by atoms with Crippen molar-refractivity contribution in [1.82, 2.24) is 25.0 Å². The number of nitrogens with one attached hydrogen (secondary N) is 1. The number of amides is 2. The fourth-order valence-corrected chi connectivity index (χ4v) is 3.91. The number of hydrogen-bond acceptors (Lipinski definition) is 5. The van der Waals surface area contributed by atoms with Gasteiger partial charge in [0.05, 0.1) is 29.4 Å². The van der Waals surface area contributed by atoms with Crippen LogP contribution in [0.2, 0.25) is 0 Å². The van der Waals surface area contributed by atoms with Gasteiger partial charge in [-0.25, -0.2) is 14.5 Å². The van der Waals surface area contributed by atoms with Crippen LogP contribution in [-0.2, 0) is 11.3 Å². The van der Waals surface area contributed by atoms with Gasteiger partial charge in [-0.3, -0.25) is 4.79 Å². The van der Waals surface area contributed by atoms with Crippen LogP contribution in [0.25, 0.3) is 22.3 Å². The molecule has 1 N–H and O–H groups in total. The molecule has 8 nitrogen and oxygen atoms in total. The van der Waals surface area contributed by atoms with E-state index in [1.165, 1.54) is 0 Å². The van der Waals surface area contributed by atoms with Crippen LogP contribution in [0.15, 0.2) is 42.6 Å². The second-order valence-electron chi connectivity index (χ2n) is 7.55. The van der Waals surface area contributed by atoms with Crippen molar-refractivity contribution in [3.63, 3.8) is 0 Å². The van der Waals surface area contributed by atoms with E-state index in [9.17, 15) is 9.59 Å². The molecular weight excluding hydrogens is 394 g/mol. The number of carbonyl (C=O) groups excluding carboxylic acids is 2. The lowest BCUT2D eigenvalue weighted by molar-refractivity contribution is 0.0861. The van der Waals surface area contributed by atoms with Gasteiger partial charge in [0.25, 0.3) is 5.91 Å². The van der Waals surface area contributed by atoms with Crippen LogP contribution in [0.4, 0.5) is 4.79 Å². The van der Waals surface area contributed by atoms with Crippen LogP contribution in [0.5, 0.6) is 0 Å². The van der Waals surface area contributed by atoms with E-state index in [4.69, 9.17) is 9.72 Å². The number of ether oxygens (including phenoxy) is 1. The quantitative estimate of drug-likeness (QED) is 0.681. The molecule has 0 unspecified atom stereocenters. The normalized spacial score (nSPS) is 14.6. The summed E-state index contributed by atoms with van der Waals surface area (Å²) >= 11 is 0. The van der Waals surface area contributed by atoms with Crippen molar-refractivity contribution in [2.45, 2.75) is 39.3 Å². The molecule has 0 bridgehead atoms. The number of likely N-dealkylation sites (tertiary alicyclic amines) is 1. The van der Waals surface area contributed by atoms with Crippen LogP contribution in [-0.4, -0.2) is 57.4 Å². The van der Waals surface area contributed by atoms with Gasteiger partial charge in [-0.15, -0.1) is 0 Å². The molecule has 2 aromatic heterocycles. The summed E-state index contributed by atoms with van der Waals surface area (Å²) in [6.07, 6.45) is 2.80. The predicted molar refractivity (Wildman–Crippen MR) is 118 cm³/mol. The summed E-state index contributed by atoms with van der Waals surface area (Å²) in [5, 5.41) is 8.28. The highest BCUT2D eigenvalue weighted by molar-refractivity contribution is 6.06. The number of aromatic nitrogens is 3. The molecule has 0 aliphatic carbocycles. The Hall–Kier alpha value is -3.42. The smallest absolute Gasteiger partial charge is 0.409 e. The predicted octanol–water partition coefficient (Wildman–Crippen LogP) is 3.47. The number of rotatable bonds is 5. The van der Waals surface area contributed by atoms with Crippen LogP contribution < -0.4 is 5.32 Å². The SMILES string of the molecule is CCOC(=O)N1CCC(NC(=O)c2cc(-c3ccccc3)nc3c2cnn3CC)CC1. The topological polar surface area (TPSA) is 89.3 Å². The minimum Gasteiger partial charge on any atom is -0.450 e. The molecule has 0 saturated carbocycles. The zero-order chi connectivity index (χ0) is 21.8. The van der Waals surface area contributed by atoms with Gasteiger partial charge in [-0.05, 0) is 32.8 Å². The van der Waals surface area contributed by atoms with Crippen LogP contribution in [0, 0.1) is 0 Å². The minimum atomic E-state index is -0.289. The molecule has 0 radical (unpaired) electrons. The summed E-state index contributed by atoms with van der Waals surface area (Å²) in [7, 11) is 0. The van der Waals surface area contributed by atoms with E-state index in [2.05, 4.69) is 10.4 Å². The van der Waals surface area contributed by atoms with Crippen LogP contribution in [0.3, 0.4) is 0 Å². The first-order valence-electron chi connectivity index (χ1n) is 10.7. The van der Waals surface area contributed by atoms with Crippen molar-refractivity contribution < 1.29 is 14.3 Å². The molecule has 1 aromatic carbocycles. The standard InChI is InChI=1S/C23H27N5O3/c1-3-28-21-19(15-24-28)18(14-20(26-21)16-8-6-5-7-9-16)22(29)25-17-10-12-27(13-11-17)23(30)31-4-2/h5-9,14-15,17H,3-4,10-13H2,1-2H3,(H,25,29). The fraction of sp³-hybridized carbons (Fsp3) is 0.391. The highest BCUT2D eigenvalue weighted by atomic mass is 16.6. The first-order chi connectivity index (χ1) is 15.1. The number of hydrogen-bond donors (Lipinski definition) is 1. The monoisotopic (exact) mass is 421 g/mol. The largest absolute Gasteiger partial charge is 0.450 e. The van der Waals surface area contributed by atoms with Gasteiger partial charge < -0.3 is 15.0 Å². The maximum atomic E-state index is 13.2. The highest BCUT2D eigenvalue weighted by Gasteiger charge is 2.26. The van der Waals surface area contributed by atoms with Gasteiger partial charge in [-0.1, -0.05) is 30.3 Å². The fourth-order valence-electron chi connectivity index (χ4n) is 3.91. The molecule has 31 heavy (non-hydrogen) atoms. The molecule has 1 aliphatic rings. The van der Waals surface area contributed by atoms with Gasteiger partial charge in [0.2, 0.25) is 0 Å². The van der Waals surface area contributed by atoms with E-state index in [1.807, 2.05) is 43.3 Å². The van der Waals surface area contributed by atoms with Crippen molar-refractivity contribution in [2.24, 2.45) is 0 Å². The van der Waals surface area contributed by atoms with Crippen molar-refractivity contribution in [3.05, 3.63) is 48.2 Å². The Morgan fingerprint density at radius 2 is 1.90 bits per heavy atom. The van der Waals surface area contributed by atoms with Gasteiger partial charge in [0.15, 0.2) is 5.65 Å². The molecule has 8 heteroatoms. The lowest BCUT2D eigenvalue weighted by atomic mass is 10.0. The molecule has 2 amide bonds. The van der Waals surface area contributed by atoms with Gasteiger partial charge >= 0.3 is 6.09 Å². The van der Waals surface area contributed by atoms with E-state index < -0.39 is 0 Å². The first kappa shape index (κ1) is 20.8. The number of carbonyl (C=O) groups is 2. The van der Waals surface area contributed by atoms with Gasteiger partial charge in [0.1, 0.15) is 0 Å². The van der Waals surface area contributed by atoms with Crippen LogP contribution in [0.1, 0.15) is 37.0 Å². The number of fused-ring (bicyclic) bond motifs is 1. The number of benzene rings is 1. The highest BCUT2D eigenvalue weighted by Crippen LogP contribution is 2.25. The van der Waals surface area contributed by atoms with Gasteiger partial charge in [-0.2, -0.15) is 5.10 Å². The minimum absolute atomic E-state index is 0.00258. The zero-order valence-corrected chi connectivity index (χ0v) is 17.9. The van der Waals surface area contributed by atoms with E-state index in [0.29, 0.717) is 50.3 Å². The molecule has 1 aliphatic heterocycles. The Kier molecular flexibility index (Phi) is 6.16. The van der Waals surface area contributed by atoms with E-state index >= 15 is 0 Å². The number of aryl methyl sites for hydroxylation is 1. The van der Waals surface area contributed by atoms with E-state index in [-0.39, 0.29) is 18.0 Å². The Morgan fingerprint density at radius 1 is 1.16 bits per heavy atom. The lowest BCUT2D eigenvalue weighted by Gasteiger charge is -2.31. The Balaban J connectivity index is 1.57. The summed E-state index contributed by atoms with van der Waals surface area (Å²) in [5.74, 6) is -0.144. The van der Waals surface area contributed by atoms with E-state index in [0.717, 1.165) is 16.6 Å². The van der Waals surface area contributed by atoms with E-state index in [1.54, 1.807) is 22.7 Å². The maximum Gasteiger partial charge on any atom is 0.409 e. The van der Waals surface area contributed by atoms with Gasteiger partial charge in [0, 0.05) is 31.2 Å². The zero-order valence-electron chi connectivity index (χ0n) is 17.9. The molecule has 1 saturated heterocycles. The third kappa shape index (κ3) is 4.38. The summed E-state index contributed by atoms with van der Waals surface area (Å²) in [5.41, 5.74) is 2.96. The second kappa shape index (κ2) is 9.16. The number of nitrogens with zero attached hydrogens (tertiary/aromatic N) is 4. The Morgan fingerprint density at radius 3 is 2.58 bits per heavy atom. The van der Waals surface area contributed by atoms with Crippen molar-refractivity contribution in [1.29, 1.82) is 0 Å². The Bertz CT molecular complexity index is 1070. The summed E-state index contributed by atoms with van der Waals surface area (Å²) < 4.78 is 6.87. The summed E-state index contributed by atoms with van der Waals surface area (Å²) in [6, 6.07) is 11.7. The summed E-state index contributed by atoms with van der Waals surface area (Å²) in [4.78, 5) is 31.6. The molecule has 162 valence electrons. The average molecular weight is 422 g/mol. The molecule has 3 heterocycles. The molecule has 1 fully saturated rings. The second-order valence-corrected chi connectivity index (χ2v) is 7.55. The first-order valence-corrected chi connectivity index (χ1v) is 10.7. The molecule has 0 atom stereocenters. The average Bonchev–Trinajstić information content (AvgIpc) is 3.22. The molecule has 0 spiro atoms. The molecule has 4 rings (SSSR count). The number of piperidine rings is 1. The van der Waals surface area contributed by atoms with Crippen LogP contribution >= 0.6 is 0 Å². The molecular formula is C23H27N5O3. The third-order valence-corrected chi connectivity index (χ3v) is 5.58.